The molecule has 0 radical (unpaired) electrons. The fourth-order valence-corrected chi connectivity index (χ4v) is 17.0. The van der Waals surface area contributed by atoms with Gasteiger partial charge >= 0.3 is 0 Å². The van der Waals surface area contributed by atoms with Crippen LogP contribution >= 0.6 is 0 Å². The van der Waals surface area contributed by atoms with Crippen LogP contribution in [0.3, 0.4) is 0 Å². The van der Waals surface area contributed by atoms with Gasteiger partial charge in [0.15, 0.2) is 69.2 Å². The van der Waals surface area contributed by atoms with Gasteiger partial charge in [0.1, 0.15) is 226 Å². The molecule has 734 valence electrons. The first-order valence-electron chi connectivity index (χ1n) is 41.6. The average Bonchev–Trinajstić information content (AvgIpc) is 0.762. The maximum Gasteiger partial charge on any atom is 0.217 e. The molecule has 0 unspecified atom stereocenters. The number of rotatable bonds is 28. The van der Waals surface area contributed by atoms with Gasteiger partial charge in [0, 0.05) is 27.7 Å². The topological polar surface area (TPSA) is 796 Å². The highest BCUT2D eigenvalue weighted by Gasteiger charge is 2.63. The van der Waals surface area contributed by atoms with E-state index < -0.39 is 388 Å². The highest BCUT2D eigenvalue weighted by Crippen LogP contribution is 2.44. The molecule has 0 aromatic rings. The summed E-state index contributed by atoms with van der Waals surface area (Å²) in [5.74, 6) is -3.46. The Morgan fingerprint density at radius 2 is 0.402 bits per heavy atom. The molecule has 53 heteroatoms. The zero-order valence-corrected chi connectivity index (χ0v) is 70.5. The number of carbonyl (C=O) groups excluding carboxylic acids is 4. The highest BCUT2D eigenvalue weighted by atomic mass is 16.8. The predicted molar refractivity (Wildman–Crippen MR) is 399 cm³/mol. The van der Waals surface area contributed by atoms with Crippen LogP contribution in [0.15, 0.2) is 0 Å². The van der Waals surface area contributed by atoms with Crippen molar-refractivity contribution >= 4 is 23.6 Å². The maximum atomic E-state index is 13.0. The number of nitrogens with one attached hydrogen (secondary N) is 4. The summed E-state index contributed by atoms with van der Waals surface area (Å²) >= 11 is 0. The van der Waals surface area contributed by atoms with Crippen LogP contribution in [0.4, 0.5) is 0 Å². The molecule has 53 nitrogen and oxygen atoms in total. The zero-order chi connectivity index (χ0) is 93.6. The summed E-state index contributed by atoms with van der Waals surface area (Å²) < 4.78 is 132. The lowest BCUT2D eigenvalue weighted by Crippen LogP contribution is -2.70. The van der Waals surface area contributed by atoms with E-state index in [1.807, 2.05) is 0 Å². The van der Waals surface area contributed by atoms with Crippen LogP contribution in [0.1, 0.15) is 76.2 Å². The molecule has 11 saturated heterocycles. The SMILES string of the molecule is CC(=O)N[C@H]1[C@H](O[C@@H]2[C@@H](O)[C@H](C)O[C@@H](O[C@H]3[C@H](O[C@H]4[C@H](O[C@H]5[C@H](O[C@H]6[C@H](O[C@H]7[C@H](O[C@@H]8[C@H](O)[C@@H](O)[C@H](C)O[C@H]8O)O[C@@H](C)[C@H](O)[C@H]7O[C@@H]7O[C@H](CO)[C@@H](O)[C@H](O)[C@H]7NC(C)=O)O[C@@H](C)[C@H](O)[C@H]6O)O[C@@H](C)[C@H](O)[C@H]5O[C@@H]5O[C@H](CO)[C@@H](O)[C@H](O)[C@H]5NC(C)=O)O[C@@H](C)[C@H](O)[C@H]4O)O[C@@H](C)[C@H](O)[C@H]3O[C@@H]3O[C@H](CO)[C@@H](O)[C@H](O)[C@H]3NC(C)=O)[C@@H]2O)O[C@H](CO)[C@@H](O)[C@@H]1O. The highest BCUT2D eigenvalue weighted by molar-refractivity contribution is 5.74. The Hall–Kier alpha value is -3.92. The van der Waals surface area contributed by atoms with Crippen molar-refractivity contribution in [1.29, 1.82) is 0 Å². The van der Waals surface area contributed by atoms with Gasteiger partial charge in [0.05, 0.1) is 69.2 Å². The smallest absolute Gasteiger partial charge is 0.217 e. The second-order valence-electron chi connectivity index (χ2n) is 33.6. The summed E-state index contributed by atoms with van der Waals surface area (Å²) in [4.78, 5) is 51.3. The van der Waals surface area contributed by atoms with Crippen molar-refractivity contribution < 1.29 is 241 Å². The minimum atomic E-state index is -2.42. The van der Waals surface area contributed by atoms with Crippen LogP contribution in [0, 0.1) is 0 Å². The van der Waals surface area contributed by atoms with Crippen molar-refractivity contribution in [2.45, 2.75) is 414 Å². The molecule has 0 bridgehead atoms. The molecule has 4 amide bonds. The third kappa shape index (κ3) is 22.4. The zero-order valence-electron chi connectivity index (χ0n) is 70.5. The van der Waals surface area contributed by atoms with E-state index in [2.05, 4.69) is 21.3 Å². The van der Waals surface area contributed by atoms with Gasteiger partial charge in [-0.2, -0.15) is 0 Å². The molecular formula is C74H124N4O49. The van der Waals surface area contributed by atoms with Gasteiger partial charge in [-0.3, -0.25) is 19.2 Å². The molecule has 11 aliphatic heterocycles. The van der Waals surface area contributed by atoms with E-state index >= 15 is 0 Å². The first-order valence-corrected chi connectivity index (χ1v) is 41.6. The third-order valence-corrected chi connectivity index (χ3v) is 24.3. The fraction of sp³-hybridized carbons (Fsp3) is 0.946. The standard InChI is InChI=1S/C74H124N4O49/c1-16-35(87)50(102)58(64(106)107-16)122-72-62(56(40(92)20(5)111-72)120-67-33(77-25(10)85)48(100)44(96)29(14-81)116-67)126-70-60(52(104)37(89)17(2)109-70)124-74-63(57(41(93)22(7)113-74)121-68-34(78-26(11)86)49(101)45(97)30(15-82)117-68)127-71-59(51(103)36(88)18(3)110-71)123-73-61(55(39(91)21(6)112-73)119-66-32(76-24(9)84)47(99)43(95)28(13-80)115-66)125-69-53(105)54(38(90)19(4)108-69)118-65-31(75-23(8)83)46(98)42(94)27(12-79)114-65/h16-22,27-74,79-82,87-106H,12-15H2,1-11H3,(H,75,83)(H,76,84)(H,77,85)(H,78,86)/t16-,17-,18-,19-,20-,21-,22-,27+,28+,29+,30+,31+,32+,33+,34+,35-,36-,37-,38-,39-,40-,41-,42+,43+,44+,45+,46+,47+,48+,49+,50+,51+,52+,53+,54+,55+,56+,57+,58+,59+,60+,61+,62+,63+,64+,65-,66-,67-,68-,69-,70-,71-,72-,73-,74-/m0/s1. The molecule has 11 heterocycles. The van der Waals surface area contributed by atoms with Crippen molar-refractivity contribution in [2.75, 3.05) is 26.4 Å². The average molecular weight is 1850 g/mol. The van der Waals surface area contributed by atoms with Gasteiger partial charge in [0.25, 0.3) is 0 Å². The van der Waals surface area contributed by atoms with E-state index in [1.165, 1.54) is 48.5 Å². The molecule has 0 aromatic heterocycles. The Morgan fingerprint density at radius 3 is 0.669 bits per heavy atom. The monoisotopic (exact) mass is 1850 g/mol. The van der Waals surface area contributed by atoms with Gasteiger partial charge in [-0.15, -0.1) is 0 Å². The first kappa shape index (κ1) is 104. The molecule has 55 atom stereocenters. The first-order chi connectivity index (χ1) is 59.7. The van der Waals surface area contributed by atoms with Crippen LogP contribution in [0.5, 0.6) is 0 Å². The van der Waals surface area contributed by atoms with E-state index in [0.29, 0.717) is 0 Å². The third-order valence-electron chi connectivity index (χ3n) is 24.3. The van der Waals surface area contributed by atoms with Crippen LogP contribution in [0.2, 0.25) is 0 Å². The van der Waals surface area contributed by atoms with Gasteiger partial charge in [-0.1, -0.05) is 0 Å². The second kappa shape index (κ2) is 43.8. The minimum Gasteiger partial charge on any atom is -0.394 e. The Balaban J connectivity index is 1.02. The Labute approximate surface area is 724 Å². The Morgan fingerprint density at radius 1 is 0.205 bits per heavy atom. The number of hydrogen-bond donors (Lipinski definition) is 28. The van der Waals surface area contributed by atoms with Crippen LogP contribution in [0.25, 0.3) is 0 Å². The molecule has 127 heavy (non-hydrogen) atoms. The van der Waals surface area contributed by atoms with Crippen LogP contribution in [-0.2, 0) is 119 Å². The largest absolute Gasteiger partial charge is 0.394 e. The number of carbonyl (C=O) groups is 4. The molecule has 11 aliphatic rings. The Kier molecular flexibility index (Phi) is 35.7. The summed E-state index contributed by atoms with van der Waals surface area (Å²) in [6.07, 6.45) is -104. The summed E-state index contributed by atoms with van der Waals surface area (Å²) in [6, 6.07) is -7.19. The number of ether oxygens (including phenoxy) is 21. The summed E-state index contributed by atoms with van der Waals surface area (Å²) in [5.41, 5.74) is 0. The van der Waals surface area contributed by atoms with Gasteiger partial charge in [-0.25, -0.2) is 0 Å². The quantitative estimate of drug-likeness (QED) is 0.0346. The second-order valence-corrected chi connectivity index (χ2v) is 33.6. The molecule has 11 fully saturated rings. The molecule has 0 spiro atoms. The number of hydrogen-bond acceptors (Lipinski definition) is 49. The maximum absolute atomic E-state index is 13.0. The van der Waals surface area contributed by atoms with E-state index in [0.717, 1.165) is 27.7 Å². The van der Waals surface area contributed by atoms with E-state index in [-0.39, 0.29) is 0 Å². The molecule has 0 saturated carbocycles. The van der Waals surface area contributed by atoms with E-state index in [1.54, 1.807) is 0 Å². The lowest BCUT2D eigenvalue weighted by atomic mass is 9.94. The Bertz CT molecular complexity index is 3520. The van der Waals surface area contributed by atoms with Crippen molar-refractivity contribution in [1.82, 2.24) is 21.3 Å². The van der Waals surface area contributed by atoms with E-state index in [4.69, 9.17) is 99.5 Å². The lowest BCUT2D eigenvalue weighted by molar-refractivity contribution is -0.427. The molecule has 11 rings (SSSR count). The summed E-state index contributed by atoms with van der Waals surface area (Å²) in [6.45, 7) is 8.44. The number of aliphatic hydroxyl groups is 24. The van der Waals surface area contributed by atoms with Crippen LogP contribution in [-0.4, -0.2) is 510 Å². The number of aliphatic hydroxyl groups excluding tert-OH is 24. The van der Waals surface area contributed by atoms with E-state index in [9.17, 15) is 142 Å². The molecule has 28 N–H and O–H groups in total. The van der Waals surface area contributed by atoms with Crippen molar-refractivity contribution in [2.24, 2.45) is 0 Å². The van der Waals surface area contributed by atoms with Crippen LogP contribution < -0.4 is 21.3 Å². The van der Waals surface area contributed by atoms with Gasteiger partial charge in [0.2, 0.25) is 23.6 Å². The fourth-order valence-electron chi connectivity index (χ4n) is 17.0. The number of amides is 4. The molecular weight excluding hydrogens is 1730 g/mol. The van der Waals surface area contributed by atoms with Gasteiger partial charge < -0.3 is 243 Å². The van der Waals surface area contributed by atoms with Crippen molar-refractivity contribution in [3.05, 3.63) is 0 Å². The minimum absolute atomic E-state index is 0.824. The van der Waals surface area contributed by atoms with Crippen molar-refractivity contribution in [3.8, 4) is 0 Å². The molecule has 0 aliphatic carbocycles. The molecule has 0 aromatic carbocycles. The summed E-state index contributed by atoms with van der Waals surface area (Å²) in [5, 5.41) is 286. The lowest BCUT2D eigenvalue weighted by Gasteiger charge is -2.52. The summed E-state index contributed by atoms with van der Waals surface area (Å²) in [7, 11) is 0. The predicted octanol–water partition coefficient (Wildman–Crippen LogP) is -17.2. The normalized spacial score (nSPS) is 51.9. The van der Waals surface area contributed by atoms with Gasteiger partial charge in [-0.05, 0) is 48.5 Å². The van der Waals surface area contributed by atoms with Crippen molar-refractivity contribution in [3.63, 3.8) is 0 Å².